The van der Waals surface area contributed by atoms with Crippen molar-refractivity contribution in [2.24, 2.45) is 0 Å². The van der Waals surface area contributed by atoms with Gasteiger partial charge in [0.05, 0.1) is 0 Å². The van der Waals surface area contributed by atoms with E-state index < -0.39 is 0 Å². The fraction of sp³-hybridized carbons (Fsp3) is 0.571. The molecule has 0 fully saturated rings. The molecule has 0 bridgehead atoms. The predicted octanol–water partition coefficient (Wildman–Crippen LogP) is 3.53. The molecule has 0 aromatic heterocycles. The Morgan fingerprint density at radius 1 is 1.31 bits per heavy atom. The van der Waals surface area contributed by atoms with Gasteiger partial charge in [-0.05, 0) is 50.3 Å². The van der Waals surface area contributed by atoms with Crippen molar-refractivity contribution < 1.29 is 0 Å². The molecule has 0 saturated heterocycles. The van der Waals surface area contributed by atoms with Gasteiger partial charge in [0.2, 0.25) is 0 Å². The van der Waals surface area contributed by atoms with Gasteiger partial charge < -0.3 is 5.32 Å². The van der Waals surface area contributed by atoms with Crippen molar-refractivity contribution in [1.29, 1.82) is 0 Å². The molecule has 0 amide bonds. The Labute approximate surface area is 104 Å². The average Bonchev–Trinajstić information content (AvgIpc) is 2.27. The molecule has 1 aromatic carbocycles. The fourth-order valence-corrected chi connectivity index (χ4v) is 2.26. The van der Waals surface area contributed by atoms with Crippen LogP contribution in [0.4, 0.5) is 0 Å². The first-order valence-corrected chi connectivity index (χ1v) is 7.31. The van der Waals surface area contributed by atoms with Crippen molar-refractivity contribution in [3.05, 3.63) is 34.9 Å². The van der Waals surface area contributed by atoms with Crippen LogP contribution in [0, 0.1) is 13.8 Å². The van der Waals surface area contributed by atoms with Crippen LogP contribution in [0.25, 0.3) is 0 Å². The number of rotatable bonds is 6. The lowest BCUT2D eigenvalue weighted by atomic mass is 10.1. The third-order valence-corrected chi connectivity index (χ3v) is 3.54. The van der Waals surface area contributed by atoms with Gasteiger partial charge in [-0.15, -0.1) is 0 Å². The van der Waals surface area contributed by atoms with Crippen LogP contribution >= 0.6 is 11.8 Å². The summed E-state index contributed by atoms with van der Waals surface area (Å²) in [5.74, 6) is 1.24. The van der Waals surface area contributed by atoms with Crippen molar-refractivity contribution in [2.45, 2.75) is 39.8 Å². The quantitative estimate of drug-likeness (QED) is 0.812. The normalized spacial score (nSPS) is 12.8. The second-order valence-corrected chi connectivity index (χ2v) is 5.48. The average molecular weight is 237 g/mol. The molecule has 16 heavy (non-hydrogen) atoms. The molecule has 1 rings (SSSR count). The number of nitrogens with one attached hydrogen (secondary N) is 1. The van der Waals surface area contributed by atoms with Gasteiger partial charge in [-0.3, -0.25) is 0 Å². The van der Waals surface area contributed by atoms with E-state index in [1.54, 1.807) is 0 Å². The molecule has 0 heterocycles. The van der Waals surface area contributed by atoms with E-state index in [0.29, 0.717) is 6.04 Å². The van der Waals surface area contributed by atoms with Crippen molar-refractivity contribution in [3.63, 3.8) is 0 Å². The summed E-state index contributed by atoms with van der Waals surface area (Å²) in [6.07, 6.45) is 3.41. The SMILES string of the molecule is CSCCC(C)NCc1cc(C)ccc1C. The predicted molar refractivity (Wildman–Crippen MR) is 75.2 cm³/mol. The van der Waals surface area contributed by atoms with E-state index in [0.717, 1.165) is 6.54 Å². The number of aryl methyl sites for hydroxylation is 2. The molecule has 1 atom stereocenters. The Kier molecular flexibility index (Phi) is 5.93. The van der Waals surface area contributed by atoms with E-state index in [1.807, 2.05) is 11.8 Å². The molecule has 1 unspecified atom stereocenters. The highest BCUT2D eigenvalue weighted by atomic mass is 32.2. The minimum absolute atomic E-state index is 0.604. The third kappa shape index (κ3) is 4.58. The molecule has 0 spiro atoms. The van der Waals surface area contributed by atoms with Gasteiger partial charge >= 0.3 is 0 Å². The summed E-state index contributed by atoms with van der Waals surface area (Å²) in [7, 11) is 0. The van der Waals surface area contributed by atoms with Crippen LogP contribution in [-0.2, 0) is 6.54 Å². The second kappa shape index (κ2) is 6.97. The lowest BCUT2D eigenvalue weighted by Gasteiger charge is -2.14. The molecule has 0 aliphatic rings. The summed E-state index contributed by atoms with van der Waals surface area (Å²) in [6.45, 7) is 7.59. The first-order valence-electron chi connectivity index (χ1n) is 5.92. The first kappa shape index (κ1) is 13.6. The number of benzene rings is 1. The molecule has 0 saturated carbocycles. The molecule has 0 aliphatic heterocycles. The summed E-state index contributed by atoms with van der Waals surface area (Å²) in [6, 6.07) is 7.27. The van der Waals surface area contributed by atoms with Crippen molar-refractivity contribution in [3.8, 4) is 0 Å². The Hall–Kier alpha value is -0.470. The van der Waals surface area contributed by atoms with Gasteiger partial charge in [0.1, 0.15) is 0 Å². The van der Waals surface area contributed by atoms with Crippen LogP contribution in [0.2, 0.25) is 0 Å². The van der Waals surface area contributed by atoms with Crippen LogP contribution in [0.1, 0.15) is 30.0 Å². The minimum Gasteiger partial charge on any atom is -0.310 e. The monoisotopic (exact) mass is 237 g/mol. The highest BCUT2D eigenvalue weighted by molar-refractivity contribution is 7.98. The summed E-state index contributed by atoms with van der Waals surface area (Å²) in [5, 5.41) is 3.59. The van der Waals surface area contributed by atoms with Gasteiger partial charge in [-0.25, -0.2) is 0 Å². The van der Waals surface area contributed by atoms with Gasteiger partial charge in [-0.2, -0.15) is 11.8 Å². The van der Waals surface area contributed by atoms with Crippen molar-refractivity contribution >= 4 is 11.8 Å². The highest BCUT2D eigenvalue weighted by Crippen LogP contribution is 2.11. The van der Waals surface area contributed by atoms with Crippen molar-refractivity contribution in [1.82, 2.24) is 5.32 Å². The maximum absolute atomic E-state index is 3.59. The van der Waals surface area contributed by atoms with Crippen LogP contribution in [-0.4, -0.2) is 18.1 Å². The zero-order valence-electron chi connectivity index (χ0n) is 10.8. The van der Waals surface area contributed by atoms with Gasteiger partial charge in [0, 0.05) is 12.6 Å². The maximum atomic E-state index is 3.59. The molecule has 1 nitrogen and oxygen atoms in total. The lowest BCUT2D eigenvalue weighted by molar-refractivity contribution is 0.536. The van der Waals surface area contributed by atoms with E-state index in [-0.39, 0.29) is 0 Å². The Morgan fingerprint density at radius 3 is 2.75 bits per heavy atom. The Balaban J connectivity index is 2.44. The van der Waals surface area contributed by atoms with Crippen LogP contribution in [0.3, 0.4) is 0 Å². The summed E-state index contributed by atoms with van der Waals surface area (Å²) in [4.78, 5) is 0. The van der Waals surface area contributed by atoms with Crippen molar-refractivity contribution in [2.75, 3.05) is 12.0 Å². The second-order valence-electron chi connectivity index (χ2n) is 4.49. The summed E-state index contributed by atoms with van der Waals surface area (Å²) < 4.78 is 0. The molecule has 1 aromatic rings. The number of thioether (sulfide) groups is 1. The highest BCUT2D eigenvalue weighted by Gasteiger charge is 2.03. The largest absolute Gasteiger partial charge is 0.310 e. The molecule has 0 radical (unpaired) electrons. The number of hydrogen-bond donors (Lipinski definition) is 1. The van der Waals surface area contributed by atoms with E-state index in [4.69, 9.17) is 0 Å². The summed E-state index contributed by atoms with van der Waals surface area (Å²) in [5.41, 5.74) is 4.16. The zero-order valence-corrected chi connectivity index (χ0v) is 11.7. The fourth-order valence-electron chi connectivity index (χ4n) is 1.67. The zero-order chi connectivity index (χ0) is 12.0. The molecular weight excluding hydrogens is 214 g/mol. The maximum Gasteiger partial charge on any atom is 0.0210 e. The Morgan fingerprint density at radius 2 is 2.06 bits per heavy atom. The smallest absolute Gasteiger partial charge is 0.0210 e. The third-order valence-electron chi connectivity index (χ3n) is 2.90. The topological polar surface area (TPSA) is 12.0 Å². The summed E-state index contributed by atoms with van der Waals surface area (Å²) >= 11 is 1.92. The van der Waals surface area contributed by atoms with Gasteiger partial charge in [-0.1, -0.05) is 23.8 Å². The molecular formula is C14H23NS. The van der Waals surface area contributed by atoms with Crippen LogP contribution < -0.4 is 5.32 Å². The molecule has 0 aliphatic carbocycles. The van der Waals surface area contributed by atoms with E-state index in [2.05, 4.69) is 50.5 Å². The Bertz CT molecular complexity index is 323. The van der Waals surface area contributed by atoms with Gasteiger partial charge in [0.25, 0.3) is 0 Å². The first-order chi connectivity index (χ1) is 7.63. The van der Waals surface area contributed by atoms with E-state index in [1.165, 1.54) is 28.9 Å². The number of hydrogen-bond acceptors (Lipinski definition) is 2. The van der Waals surface area contributed by atoms with E-state index >= 15 is 0 Å². The lowest BCUT2D eigenvalue weighted by Crippen LogP contribution is -2.26. The molecule has 2 heteroatoms. The van der Waals surface area contributed by atoms with Crippen LogP contribution in [0.15, 0.2) is 18.2 Å². The molecule has 90 valence electrons. The minimum atomic E-state index is 0.604. The van der Waals surface area contributed by atoms with Crippen LogP contribution in [0.5, 0.6) is 0 Å². The van der Waals surface area contributed by atoms with Gasteiger partial charge in [0.15, 0.2) is 0 Å². The van der Waals surface area contributed by atoms with E-state index in [9.17, 15) is 0 Å². The standard InChI is InChI=1S/C14H23NS/c1-11-5-6-12(2)14(9-11)10-15-13(3)7-8-16-4/h5-6,9,13,15H,7-8,10H2,1-4H3. The molecule has 1 N–H and O–H groups in total.